The molecule has 22 heavy (non-hydrogen) atoms. The molecule has 2 heterocycles. The smallest absolute Gasteiger partial charge is 0.330 e. The molecule has 0 radical (unpaired) electrons. The van der Waals surface area contributed by atoms with E-state index in [0.29, 0.717) is 5.52 Å². The van der Waals surface area contributed by atoms with E-state index in [1.807, 2.05) is 18.2 Å². The van der Waals surface area contributed by atoms with Gasteiger partial charge in [-0.1, -0.05) is 12.1 Å². The quantitative estimate of drug-likeness (QED) is 0.619. The molecule has 0 spiro atoms. The highest BCUT2D eigenvalue weighted by molar-refractivity contribution is 7.18. The molecule has 0 saturated carbocycles. The van der Waals surface area contributed by atoms with Crippen molar-refractivity contribution in [3.63, 3.8) is 0 Å². The van der Waals surface area contributed by atoms with Gasteiger partial charge in [-0.3, -0.25) is 19.4 Å². The van der Waals surface area contributed by atoms with Crippen LogP contribution in [0.1, 0.15) is 11.9 Å². The fraction of sp³-hybridized carbons (Fsp3) is 0.286. The van der Waals surface area contributed by atoms with Gasteiger partial charge < -0.3 is 4.74 Å². The lowest BCUT2D eigenvalue weighted by Crippen LogP contribution is -2.48. The van der Waals surface area contributed by atoms with Gasteiger partial charge in [0.15, 0.2) is 5.01 Å². The molecular weight excluding hydrogens is 306 g/mol. The normalized spacial score (nSPS) is 21.8. The number of benzene rings is 1. The standard InChI is InChI=1S/C14H13N3O4S/c1-8(18)21-14(12(19)16(2)13(20)17(14)3)11-15-9-6-4-5-7-10(9)22-11/h4-7H,1-3H3. The van der Waals surface area contributed by atoms with E-state index >= 15 is 0 Å². The van der Waals surface area contributed by atoms with Crippen LogP contribution < -0.4 is 0 Å². The van der Waals surface area contributed by atoms with E-state index in [-0.39, 0.29) is 5.01 Å². The molecule has 1 aliphatic heterocycles. The Balaban J connectivity index is 2.24. The summed E-state index contributed by atoms with van der Waals surface area (Å²) in [5.41, 5.74) is -1.15. The average Bonchev–Trinajstić information content (AvgIpc) is 2.98. The summed E-state index contributed by atoms with van der Waals surface area (Å²) in [5.74, 6) is -1.29. The third kappa shape index (κ3) is 1.80. The number of likely N-dealkylation sites (N-methyl/N-ethyl adjacent to an activating group) is 2. The van der Waals surface area contributed by atoms with Crippen LogP contribution in [0.2, 0.25) is 0 Å². The molecule has 2 aromatic rings. The van der Waals surface area contributed by atoms with Gasteiger partial charge in [0, 0.05) is 21.0 Å². The van der Waals surface area contributed by atoms with Crippen LogP contribution in [-0.4, -0.2) is 46.8 Å². The number of thiazole rings is 1. The molecular formula is C14H13N3O4S. The minimum Gasteiger partial charge on any atom is -0.422 e. The number of hydrogen-bond acceptors (Lipinski definition) is 6. The number of urea groups is 1. The maximum atomic E-state index is 12.6. The Morgan fingerprint density at radius 1 is 1.27 bits per heavy atom. The number of esters is 1. The Morgan fingerprint density at radius 2 is 1.95 bits per heavy atom. The van der Waals surface area contributed by atoms with Crippen LogP contribution in [0.3, 0.4) is 0 Å². The maximum Gasteiger partial charge on any atom is 0.330 e. The van der Waals surface area contributed by atoms with E-state index in [2.05, 4.69) is 4.98 Å². The number of para-hydroxylation sites is 1. The van der Waals surface area contributed by atoms with Gasteiger partial charge in [-0.15, -0.1) is 11.3 Å². The van der Waals surface area contributed by atoms with Gasteiger partial charge in [-0.2, -0.15) is 0 Å². The predicted octanol–water partition coefficient (Wildman–Crippen LogP) is 1.54. The molecule has 1 aromatic carbocycles. The molecule has 0 aliphatic carbocycles. The highest BCUT2D eigenvalue weighted by atomic mass is 32.1. The molecule has 7 nitrogen and oxygen atoms in total. The summed E-state index contributed by atoms with van der Waals surface area (Å²) in [4.78, 5) is 42.7. The monoisotopic (exact) mass is 319 g/mol. The lowest BCUT2D eigenvalue weighted by molar-refractivity contribution is -0.181. The zero-order valence-electron chi connectivity index (χ0n) is 12.2. The number of rotatable bonds is 2. The lowest BCUT2D eigenvalue weighted by atomic mass is 10.2. The molecule has 1 unspecified atom stereocenters. The van der Waals surface area contributed by atoms with Crippen molar-refractivity contribution in [1.82, 2.24) is 14.8 Å². The fourth-order valence-corrected chi connectivity index (χ4v) is 3.55. The van der Waals surface area contributed by atoms with E-state index in [4.69, 9.17) is 4.74 Å². The fourth-order valence-electron chi connectivity index (χ4n) is 2.43. The molecule has 114 valence electrons. The van der Waals surface area contributed by atoms with Crippen molar-refractivity contribution in [3.05, 3.63) is 29.3 Å². The predicted molar refractivity (Wildman–Crippen MR) is 79.0 cm³/mol. The van der Waals surface area contributed by atoms with Gasteiger partial charge in [0.25, 0.3) is 0 Å². The van der Waals surface area contributed by atoms with Gasteiger partial charge in [0.2, 0.25) is 0 Å². The zero-order valence-corrected chi connectivity index (χ0v) is 13.0. The minimum atomic E-state index is -1.83. The first-order valence-corrected chi connectivity index (χ1v) is 7.31. The SMILES string of the molecule is CC(=O)OC1(c2nc3ccccc3s2)C(=O)N(C)C(=O)N1C. The van der Waals surface area contributed by atoms with Crippen molar-refractivity contribution in [2.75, 3.05) is 14.1 Å². The summed E-state index contributed by atoms with van der Waals surface area (Å²) >= 11 is 1.22. The van der Waals surface area contributed by atoms with Crippen molar-refractivity contribution in [1.29, 1.82) is 0 Å². The van der Waals surface area contributed by atoms with Crippen LogP contribution in [0.25, 0.3) is 10.2 Å². The number of hydrogen-bond donors (Lipinski definition) is 0. The summed E-state index contributed by atoms with van der Waals surface area (Å²) in [6, 6.07) is 6.76. The molecule has 8 heteroatoms. The summed E-state index contributed by atoms with van der Waals surface area (Å²) in [5, 5.41) is 0.258. The second-order valence-corrected chi connectivity index (χ2v) is 5.96. The van der Waals surface area contributed by atoms with Gasteiger partial charge in [-0.05, 0) is 12.1 Å². The van der Waals surface area contributed by atoms with E-state index in [0.717, 1.165) is 14.5 Å². The van der Waals surface area contributed by atoms with Gasteiger partial charge >= 0.3 is 23.6 Å². The molecule has 1 aliphatic rings. The second kappa shape index (κ2) is 4.77. The number of carbonyl (C=O) groups is 3. The van der Waals surface area contributed by atoms with Crippen molar-refractivity contribution in [2.45, 2.75) is 12.6 Å². The van der Waals surface area contributed by atoms with Crippen LogP contribution in [0.5, 0.6) is 0 Å². The van der Waals surface area contributed by atoms with E-state index < -0.39 is 23.6 Å². The van der Waals surface area contributed by atoms with Gasteiger partial charge in [-0.25, -0.2) is 9.78 Å². The van der Waals surface area contributed by atoms with Crippen molar-refractivity contribution in [3.8, 4) is 0 Å². The molecule has 1 aromatic heterocycles. The maximum absolute atomic E-state index is 12.6. The zero-order chi connectivity index (χ0) is 16.1. The van der Waals surface area contributed by atoms with Crippen molar-refractivity contribution >= 4 is 39.5 Å². The minimum absolute atomic E-state index is 0.258. The average molecular weight is 319 g/mol. The Hall–Kier alpha value is -2.48. The second-order valence-electron chi connectivity index (χ2n) is 4.93. The first-order chi connectivity index (χ1) is 10.4. The van der Waals surface area contributed by atoms with Crippen LogP contribution >= 0.6 is 11.3 Å². The Bertz CT molecular complexity index is 769. The number of imide groups is 1. The summed E-state index contributed by atoms with van der Waals surface area (Å²) in [7, 11) is 2.76. The molecule has 3 amide bonds. The van der Waals surface area contributed by atoms with Gasteiger partial charge in [0.05, 0.1) is 10.2 Å². The number of amides is 3. The summed E-state index contributed by atoms with van der Waals surface area (Å²) in [6.07, 6.45) is 0. The first kappa shape index (κ1) is 14.5. The third-order valence-electron chi connectivity index (χ3n) is 3.52. The summed E-state index contributed by atoms with van der Waals surface area (Å²) < 4.78 is 6.14. The Morgan fingerprint density at radius 3 is 2.50 bits per heavy atom. The highest BCUT2D eigenvalue weighted by Crippen LogP contribution is 2.40. The summed E-state index contributed by atoms with van der Waals surface area (Å²) in [6.45, 7) is 1.19. The molecule has 1 atom stereocenters. The number of carbonyl (C=O) groups excluding carboxylic acids is 3. The van der Waals surface area contributed by atoms with Crippen molar-refractivity contribution in [2.24, 2.45) is 0 Å². The Labute approximate surface area is 130 Å². The molecule has 3 rings (SSSR count). The molecule has 0 bridgehead atoms. The first-order valence-electron chi connectivity index (χ1n) is 6.49. The van der Waals surface area contributed by atoms with E-state index in [1.165, 1.54) is 32.4 Å². The van der Waals surface area contributed by atoms with Crippen LogP contribution in [0.15, 0.2) is 24.3 Å². The molecule has 0 N–H and O–H groups in total. The van der Waals surface area contributed by atoms with E-state index in [9.17, 15) is 14.4 Å². The van der Waals surface area contributed by atoms with Crippen LogP contribution in [0, 0.1) is 0 Å². The number of nitrogens with zero attached hydrogens (tertiary/aromatic N) is 3. The number of fused-ring (bicyclic) bond motifs is 1. The Kier molecular flexibility index (Phi) is 3.13. The largest absolute Gasteiger partial charge is 0.422 e. The highest BCUT2D eigenvalue weighted by Gasteiger charge is 2.61. The topological polar surface area (TPSA) is 79.8 Å². The van der Waals surface area contributed by atoms with Gasteiger partial charge in [0.1, 0.15) is 0 Å². The lowest BCUT2D eigenvalue weighted by Gasteiger charge is -2.29. The third-order valence-corrected chi connectivity index (χ3v) is 4.64. The molecule has 1 saturated heterocycles. The number of aromatic nitrogens is 1. The molecule has 1 fully saturated rings. The van der Waals surface area contributed by atoms with Crippen LogP contribution in [0.4, 0.5) is 4.79 Å². The van der Waals surface area contributed by atoms with E-state index in [1.54, 1.807) is 6.07 Å². The van der Waals surface area contributed by atoms with Crippen LogP contribution in [-0.2, 0) is 20.1 Å². The number of ether oxygens (including phenoxy) is 1. The van der Waals surface area contributed by atoms with Crippen molar-refractivity contribution < 1.29 is 19.1 Å².